The molecule has 1 aromatic carbocycles. The summed E-state index contributed by atoms with van der Waals surface area (Å²) in [6, 6.07) is 4.09. The Morgan fingerprint density at radius 2 is 2.00 bits per heavy atom. The van der Waals surface area contributed by atoms with Gasteiger partial charge < -0.3 is 9.47 Å². The second-order valence-electron chi connectivity index (χ2n) is 4.45. The third-order valence-corrected chi connectivity index (χ3v) is 3.40. The third kappa shape index (κ3) is 4.27. The number of carbonyl (C=O) groups excluding carboxylic acids is 1. The topological polar surface area (TPSA) is 35.5 Å². The molecule has 1 aromatic rings. The van der Waals surface area contributed by atoms with Crippen molar-refractivity contribution in [2.24, 2.45) is 5.92 Å². The summed E-state index contributed by atoms with van der Waals surface area (Å²) in [6.45, 7) is 2.49. The van der Waals surface area contributed by atoms with Crippen molar-refractivity contribution in [3.8, 4) is 5.75 Å². The summed E-state index contributed by atoms with van der Waals surface area (Å²) in [7, 11) is 1.34. The molecule has 0 fully saturated rings. The van der Waals surface area contributed by atoms with Crippen LogP contribution in [-0.4, -0.2) is 25.9 Å². The summed E-state index contributed by atoms with van der Waals surface area (Å²) in [4.78, 5) is 11.9. The van der Waals surface area contributed by atoms with Gasteiger partial charge in [0.15, 0.2) is 0 Å². The van der Waals surface area contributed by atoms with Gasteiger partial charge in [-0.1, -0.05) is 24.6 Å². The molecule has 1 rings (SSSR count). The van der Waals surface area contributed by atoms with Crippen LogP contribution >= 0.6 is 11.6 Å². The highest BCUT2D eigenvalue weighted by atomic mass is 35.5. The van der Waals surface area contributed by atoms with Gasteiger partial charge in [-0.25, -0.2) is 0 Å². The second kappa shape index (κ2) is 7.02. The lowest BCUT2D eigenvalue weighted by molar-refractivity contribution is -0.185. The van der Waals surface area contributed by atoms with E-state index in [1.165, 1.54) is 32.2 Å². The van der Waals surface area contributed by atoms with E-state index in [0.717, 1.165) is 6.92 Å². The fourth-order valence-corrected chi connectivity index (χ4v) is 2.11. The molecule has 3 nitrogen and oxygen atoms in total. The normalized spacial score (nSPS) is 14.4. The third-order valence-electron chi connectivity index (χ3n) is 3.09. The highest BCUT2D eigenvalue weighted by Gasteiger charge is 2.45. The lowest BCUT2D eigenvalue weighted by Gasteiger charge is -2.25. The van der Waals surface area contributed by atoms with E-state index in [1.54, 1.807) is 0 Å². The average molecular weight is 325 g/mol. The Morgan fingerprint density at radius 3 is 2.48 bits per heavy atom. The first-order valence-corrected chi connectivity index (χ1v) is 6.67. The molecule has 0 aliphatic carbocycles. The van der Waals surface area contributed by atoms with Crippen molar-refractivity contribution in [1.29, 1.82) is 0 Å². The van der Waals surface area contributed by atoms with E-state index >= 15 is 0 Å². The van der Waals surface area contributed by atoms with Crippen LogP contribution in [0.15, 0.2) is 18.2 Å². The van der Waals surface area contributed by atoms with Crippen molar-refractivity contribution >= 4 is 17.6 Å². The van der Waals surface area contributed by atoms with E-state index in [-0.39, 0.29) is 22.9 Å². The fourth-order valence-electron chi connectivity index (χ4n) is 1.92. The Kier molecular flexibility index (Phi) is 5.89. The quantitative estimate of drug-likeness (QED) is 0.762. The maximum atomic E-state index is 13.0. The lowest BCUT2D eigenvalue weighted by atomic mass is 9.86. The summed E-state index contributed by atoms with van der Waals surface area (Å²) in [5.41, 5.74) is 0.152. The van der Waals surface area contributed by atoms with Crippen LogP contribution in [0.4, 0.5) is 13.2 Å². The number of benzene rings is 1. The monoisotopic (exact) mass is 324 g/mol. The van der Waals surface area contributed by atoms with Gasteiger partial charge in [0.2, 0.25) is 0 Å². The predicted octanol–water partition coefficient (Wildman–Crippen LogP) is 4.19. The summed E-state index contributed by atoms with van der Waals surface area (Å²) in [5, 5.41) is 0.253. The molecular formula is C14H16ClF3O3. The minimum Gasteiger partial charge on any atom is -0.495 e. The molecule has 118 valence electrons. The van der Waals surface area contributed by atoms with Gasteiger partial charge in [0.05, 0.1) is 30.6 Å². The summed E-state index contributed by atoms with van der Waals surface area (Å²) < 4.78 is 48.7. The smallest absolute Gasteiger partial charge is 0.392 e. The zero-order valence-electron chi connectivity index (χ0n) is 11.8. The van der Waals surface area contributed by atoms with Gasteiger partial charge in [0.1, 0.15) is 5.75 Å². The van der Waals surface area contributed by atoms with Gasteiger partial charge >= 0.3 is 12.1 Å². The maximum Gasteiger partial charge on any atom is 0.392 e. The number of methoxy groups -OCH3 is 1. The number of hydrogen-bond acceptors (Lipinski definition) is 3. The van der Waals surface area contributed by atoms with Crippen LogP contribution in [0.2, 0.25) is 5.02 Å². The number of esters is 1. The Balaban J connectivity index is 3.27. The predicted molar refractivity (Wildman–Crippen MR) is 72.6 cm³/mol. The first-order valence-electron chi connectivity index (χ1n) is 6.29. The zero-order valence-corrected chi connectivity index (χ0v) is 12.6. The Morgan fingerprint density at radius 1 is 1.38 bits per heavy atom. The molecule has 0 heterocycles. The van der Waals surface area contributed by atoms with Crippen LogP contribution in [-0.2, 0) is 9.53 Å². The molecule has 2 atom stereocenters. The van der Waals surface area contributed by atoms with Gasteiger partial charge in [0, 0.05) is 0 Å². The highest BCUT2D eigenvalue weighted by molar-refractivity contribution is 6.32. The van der Waals surface area contributed by atoms with E-state index in [9.17, 15) is 18.0 Å². The minimum atomic E-state index is -4.52. The largest absolute Gasteiger partial charge is 0.495 e. The number of hydrogen-bond donors (Lipinski definition) is 0. The molecule has 0 spiro atoms. The molecule has 0 aliphatic heterocycles. The SMILES string of the molecule is CCOC(=O)[C@H](c1ccc(Cl)c(OC)c1)[C@@H](C)C(F)(F)F. The van der Waals surface area contributed by atoms with E-state index in [0.29, 0.717) is 0 Å². The molecule has 0 radical (unpaired) electrons. The van der Waals surface area contributed by atoms with Crippen LogP contribution in [0.5, 0.6) is 5.75 Å². The maximum absolute atomic E-state index is 13.0. The van der Waals surface area contributed by atoms with Crippen LogP contribution in [0, 0.1) is 5.92 Å². The molecule has 0 saturated heterocycles. The van der Waals surface area contributed by atoms with E-state index < -0.39 is 24.0 Å². The summed E-state index contributed by atoms with van der Waals surface area (Å²) >= 11 is 5.85. The van der Waals surface area contributed by atoms with Crippen LogP contribution < -0.4 is 4.74 Å². The van der Waals surface area contributed by atoms with Crippen molar-refractivity contribution in [2.45, 2.75) is 25.9 Å². The van der Waals surface area contributed by atoms with Gasteiger partial charge in [-0.3, -0.25) is 4.79 Å². The Bertz CT molecular complexity index is 503. The van der Waals surface area contributed by atoms with Gasteiger partial charge in [-0.15, -0.1) is 0 Å². The molecule has 21 heavy (non-hydrogen) atoms. The van der Waals surface area contributed by atoms with E-state index in [2.05, 4.69) is 0 Å². The number of rotatable bonds is 5. The molecule has 0 aliphatic rings. The van der Waals surface area contributed by atoms with Crippen molar-refractivity contribution in [3.63, 3.8) is 0 Å². The number of carbonyl (C=O) groups is 1. The highest BCUT2D eigenvalue weighted by Crippen LogP contribution is 2.40. The van der Waals surface area contributed by atoms with Gasteiger partial charge in [-0.05, 0) is 24.6 Å². The minimum absolute atomic E-state index is 0.00460. The van der Waals surface area contributed by atoms with Gasteiger partial charge in [0.25, 0.3) is 0 Å². The summed E-state index contributed by atoms with van der Waals surface area (Å²) in [6.07, 6.45) is -4.52. The standard InChI is InChI=1S/C14H16ClF3O3/c1-4-21-13(19)12(8(2)14(16,17)18)9-5-6-10(15)11(7-9)20-3/h5-8,12H,4H2,1-3H3/t8-,12+/m1/s1. The van der Waals surface area contributed by atoms with Crippen LogP contribution in [0.25, 0.3) is 0 Å². The second-order valence-corrected chi connectivity index (χ2v) is 4.86. The molecular weight excluding hydrogens is 309 g/mol. The van der Waals surface area contributed by atoms with Crippen molar-refractivity contribution in [1.82, 2.24) is 0 Å². The summed E-state index contributed by atoms with van der Waals surface area (Å²) in [5.74, 6) is -4.07. The van der Waals surface area contributed by atoms with Crippen LogP contribution in [0.1, 0.15) is 25.3 Å². The zero-order chi connectivity index (χ0) is 16.2. The first kappa shape index (κ1) is 17.6. The first-order chi connectivity index (χ1) is 9.72. The molecule has 0 unspecified atom stereocenters. The molecule has 7 heteroatoms. The fraction of sp³-hybridized carbons (Fsp3) is 0.500. The molecule has 0 amide bonds. The van der Waals surface area contributed by atoms with Crippen LogP contribution in [0.3, 0.4) is 0 Å². The molecule has 0 bridgehead atoms. The molecule has 0 N–H and O–H groups in total. The average Bonchev–Trinajstić information content (AvgIpc) is 2.40. The van der Waals surface area contributed by atoms with Crippen molar-refractivity contribution < 1.29 is 27.4 Å². The number of alkyl halides is 3. The number of halogens is 4. The van der Waals surface area contributed by atoms with E-state index in [1.807, 2.05) is 0 Å². The lowest BCUT2D eigenvalue weighted by Crippen LogP contribution is -2.32. The number of ether oxygens (including phenoxy) is 2. The van der Waals surface area contributed by atoms with E-state index in [4.69, 9.17) is 21.1 Å². The molecule has 0 saturated carbocycles. The van der Waals surface area contributed by atoms with Crippen molar-refractivity contribution in [2.75, 3.05) is 13.7 Å². The Labute approximate surface area is 126 Å². The molecule has 0 aromatic heterocycles. The van der Waals surface area contributed by atoms with Gasteiger partial charge in [-0.2, -0.15) is 13.2 Å². The Hall–Kier alpha value is -1.43. The van der Waals surface area contributed by atoms with Crippen molar-refractivity contribution in [3.05, 3.63) is 28.8 Å².